The van der Waals surface area contributed by atoms with Gasteiger partial charge in [0.25, 0.3) is 0 Å². The van der Waals surface area contributed by atoms with Gasteiger partial charge in [0, 0.05) is 12.2 Å². The first kappa shape index (κ1) is 19.0. The van der Waals surface area contributed by atoms with E-state index in [2.05, 4.69) is 52.2 Å². The van der Waals surface area contributed by atoms with Crippen molar-refractivity contribution in [1.82, 2.24) is 5.32 Å². The molecule has 0 bridgehead atoms. The maximum absolute atomic E-state index is 4.18. The normalized spacial score (nSPS) is 11.8. The Morgan fingerprint density at radius 1 is 1.05 bits per heavy atom. The third kappa shape index (κ3) is 12.1. The standard InChI is InChI=1S/C19H35N/c1-7-17(4)12-13-19(6)20-15-14-18(5)11-9-8-10-16(2)3/h7,16,20H,5-6,8-15H2,1-4H3/b17-7+. The lowest BCUT2D eigenvalue weighted by atomic mass is 10.0. The summed E-state index contributed by atoms with van der Waals surface area (Å²) < 4.78 is 0. The van der Waals surface area contributed by atoms with Crippen molar-refractivity contribution in [3.63, 3.8) is 0 Å². The molecule has 0 radical (unpaired) electrons. The van der Waals surface area contributed by atoms with Gasteiger partial charge in [0.2, 0.25) is 0 Å². The Hall–Kier alpha value is -0.980. The molecule has 0 spiro atoms. The van der Waals surface area contributed by atoms with Crippen LogP contribution in [0.1, 0.15) is 72.6 Å². The lowest BCUT2D eigenvalue weighted by Gasteiger charge is -2.11. The molecule has 20 heavy (non-hydrogen) atoms. The monoisotopic (exact) mass is 277 g/mol. The molecule has 1 heteroatoms. The second-order valence-electron chi connectivity index (χ2n) is 6.30. The summed E-state index contributed by atoms with van der Waals surface area (Å²) in [4.78, 5) is 0. The molecule has 0 amide bonds. The molecule has 0 saturated heterocycles. The van der Waals surface area contributed by atoms with Crippen molar-refractivity contribution in [1.29, 1.82) is 0 Å². The third-order valence-electron chi connectivity index (χ3n) is 3.73. The molecule has 0 rings (SSSR count). The first-order valence-corrected chi connectivity index (χ1v) is 8.15. The van der Waals surface area contributed by atoms with Crippen LogP contribution in [0.5, 0.6) is 0 Å². The van der Waals surface area contributed by atoms with Crippen LogP contribution in [0.3, 0.4) is 0 Å². The SMILES string of the molecule is C=C(CCCCC(C)C)CCNC(=C)CC/C(C)=C/C. The summed E-state index contributed by atoms with van der Waals surface area (Å²) in [6, 6.07) is 0. The van der Waals surface area contributed by atoms with Gasteiger partial charge in [0.05, 0.1) is 0 Å². The smallest absolute Gasteiger partial charge is 0.0180 e. The summed E-state index contributed by atoms with van der Waals surface area (Å²) in [6.07, 6.45) is 10.5. The molecule has 1 N–H and O–H groups in total. The van der Waals surface area contributed by atoms with E-state index in [0.29, 0.717) is 0 Å². The third-order valence-corrected chi connectivity index (χ3v) is 3.73. The molecule has 0 aliphatic heterocycles. The lowest BCUT2D eigenvalue weighted by Crippen LogP contribution is -2.14. The second kappa shape index (κ2) is 11.8. The van der Waals surface area contributed by atoms with Crippen LogP contribution in [0.4, 0.5) is 0 Å². The highest BCUT2D eigenvalue weighted by Crippen LogP contribution is 2.14. The average molecular weight is 277 g/mol. The number of hydrogen-bond donors (Lipinski definition) is 1. The Morgan fingerprint density at radius 2 is 1.75 bits per heavy atom. The van der Waals surface area contributed by atoms with Crippen LogP contribution in [0, 0.1) is 5.92 Å². The van der Waals surface area contributed by atoms with E-state index in [1.54, 1.807) is 0 Å². The van der Waals surface area contributed by atoms with Crippen LogP contribution >= 0.6 is 0 Å². The molecule has 0 saturated carbocycles. The number of hydrogen-bond acceptors (Lipinski definition) is 1. The Morgan fingerprint density at radius 3 is 2.35 bits per heavy atom. The quantitative estimate of drug-likeness (QED) is 0.341. The first-order chi connectivity index (χ1) is 9.45. The van der Waals surface area contributed by atoms with Gasteiger partial charge in [0.15, 0.2) is 0 Å². The van der Waals surface area contributed by atoms with Crippen LogP contribution in [-0.2, 0) is 0 Å². The van der Waals surface area contributed by atoms with Gasteiger partial charge in [-0.05, 0) is 51.9 Å². The van der Waals surface area contributed by atoms with E-state index in [1.165, 1.54) is 36.8 Å². The molecule has 116 valence electrons. The van der Waals surface area contributed by atoms with E-state index in [1.807, 2.05) is 0 Å². The van der Waals surface area contributed by atoms with Crippen LogP contribution < -0.4 is 5.32 Å². The van der Waals surface area contributed by atoms with Gasteiger partial charge in [-0.15, -0.1) is 0 Å². The minimum absolute atomic E-state index is 0.828. The van der Waals surface area contributed by atoms with Crippen LogP contribution in [0.15, 0.2) is 36.1 Å². The first-order valence-electron chi connectivity index (χ1n) is 8.15. The number of nitrogens with one attached hydrogen (secondary N) is 1. The number of rotatable bonds is 12. The van der Waals surface area contributed by atoms with Crippen molar-refractivity contribution >= 4 is 0 Å². The summed E-state index contributed by atoms with van der Waals surface area (Å²) >= 11 is 0. The van der Waals surface area contributed by atoms with Gasteiger partial charge < -0.3 is 5.32 Å². The molecular weight excluding hydrogens is 242 g/mol. The van der Waals surface area contributed by atoms with Gasteiger partial charge in [-0.1, -0.05) is 57.1 Å². The molecule has 0 aliphatic carbocycles. The fourth-order valence-electron chi connectivity index (χ4n) is 2.05. The zero-order valence-electron chi connectivity index (χ0n) is 14.2. The summed E-state index contributed by atoms with van der Waals surface area (Å²) in [6.45, 7) is 18.1. The molecular formula is C19H35N. The summed E-state index contributed by atoms with van der Waals surface area (Å²) in [5.74, 6) is 0.828. The number of unbranched alkanes of at least 4 members (excludes halogenated alkanes) is 1. The molecule has 0 heterocycles. The van der Waals surface area contributed by atoms with Gasteiger partial charge in [-0.25, -0.2) is 0 Å². The van der Waals surface area contributed by atoms with Gasteiger partial charge in [-0.3, -0.25) is 0 Å². The lowest BCUT2D eigenvalue weighted by molar-refractivity contribution is 0.535. The molecule has 0 aromatic rings. The molecule has 0 aromatic carbocycles. The van der Waals surface area contributed by atoms with E-state index >= 15 is 0 Å². The predicted octanol–water partition coefficient (Wildman–Crippen LogP) is 6.00. The van der Waals surface area contributed by atoms with E-state index in [-0.39, 0.29) is 0 Å². The number of allylic oxidation sites excluding steroid dienone is 3. The summed E-state index contributed by atoms with van der Waals surface area (Å²) in [5.41, 5.74) is 3.96. The largest absolute Gasteiger partial charge is 0.388 e. The van der Waals surface area contributed by atoms with Crippen LogP contribution in [-0.4, -0.2) is 6.54 Å². The maximum atomic E-state index is 4.18. The van der Waals surface area contributed by atoms with Crippen LogP contribution in [0.2, 0.25) is 0 Å². The summed E-state index contributed by atoms with van der Waals surface area (Å²) in [7, 11) is 0. The van der Waals surface area contributed by atoms with Crippen molar-refractivity contribution in [2.24, 2.45) is 5.92 Å². The fraction of sp³-hybridized carbons (Fsp3) is 0.684. The maximum Gasteiger partial charge on any atom is 0.0180 e. The molecule has 0 aromatic heterocycles. The van der Waals surface area contributed by atoms with Crippen molar-refractivity contribution in [3.05, 3.63) is 36.1 Å². The van der Waals surface area contributed by atoms with E-state index in [9.17, 15) is 0 Å². The molecule has 0 aliphatic rings. The Kier molecular flexibility index (Phi) is 11.2. The van der Waals surface area contributed by atoms with Gasteiger partial charge in [-0.2, -0.15) is 0 Å². The topological polar surface area (TPSA) is 12.0 Å². The van der Waals surface area contributed by atoms with Gasteiger partial charge in [0.1, 0.15) is 0 Å². The minimum Gasteiger partial charge on any atom is -0.388 e. The highest BCUT2D eigenvalue weighted by atomic mass is 14.9. The minimum atomic E-state index is 0.828. The van der Waals surface area contributed by atoms with Crippen molar-refractivity contribution in [2.45, 2.75) is 72.6 Å². The van der Waals surface area contributed by atoms with E-state index in [4.69, 9.17) is 0 Å². The Bertz CT molecular complexity index is 310. The van der Waals surface area contributed by atoms with Crippen molar-refractivity contribution < 1.29 is 0 Å². The van der Waals surface area contributed by atoms with Crippen molar-refractivity contribution in [2.75, 3.05) is 6.54 Å². The second-order valence-corrected chi connectivity index (χ2v) is 6.30. The zero-order chi connectivity index (χ0) is 15.4. The molecule has 1 nitrogen and oxygen atoms in total. The zero-order valence-corrected chi connectivity index (χ0v) is 14.2. The highest BCUT2D eigenvalue weighted by Gasteiger charge is 1.99. The molecule has 0 unspecified atom stereocenters. The predicted molar refractivity (Wildman–Crippen MR) is 92.9 cm³/mol. The average Bonchev–Trinajstić information content (AvgIpc) is 2.40. The summed E-state index contributed by atoms with van der Waals surface area (Å²) in [5, 5.41) is 3.42. The molecule has 0 fully saturated rings. The molecule has 0 atom stereocenters. The van der Waals surface area contributed by atoms with Gasteiger partial charge >= 0.3 is 0 Å². The van der Waals surface area contributed by atoms with Crippen molar-refractivity contribution in [3.8, 4) is 0 Å². The Balaban J connectivity index is 3.53. The Labute approximate surface area is 127 Å². The van der Waals surface area contributed by atoms with E-state index < -0.39 is 0 Å². The van der Waals surface area contributed by atoms with Crippen LogP contribution in [0.25, 0.3) is 0 Å². The fourth-order valence-corrected chi connectivity index (χ4v) is 2.05. The highest BCUT2D eigenvalue weighted by molar-refractivity contribution is 5.02. The van der Waals surface area contributed by atoms with E-state index in [0.717, 1.165) is 37.4 Å².